The van der Waals surface area contributed by atoms with Gasteiger partial charge in [-0.3, -0.25) is 4.98 Å². The Morgan fingerprint density at radius 1 is 0.914 bits per heavy atom. The van der Waals surface area contributed by atoms with Crippen molar-refractivity contribution in [3.63, 3.8) is 0 Å². The molecule has 0 atom stereocenters. The molecule has 0 spiro atoms. The molecule has 5 rings (SSSR count). The van der Waals surface area contributed by atoms with Crippen LogP contribution in [0.3, 0.4) is 0 Å². The fraction of sp³-hybridized carbons (Fsp3) is 0.160. The maximum absolute atomic E-state index is 13.3. The predicted molar refractivity (Wildman–Crippen MR) is 132 cm³/mol. The Morgan fingerprint density at radius 3 is 2.46 bits per heavy atom. The minimum absolute atomic E-state index is 0. The van der Waals surface area contributed by atoms with Crippen molar-refractivity contribution in [1.82, 2.24) is 9.97 Å². The van der Waals surface area contributed by atoms with Crippen molar-refractivity contribution in [3.05, 3.63) is 78.5 Å². The number of amides is 2. The summed E-state index contributed by atoms with van der Waals surface area (Å²) in [4.78, 5) is 23.6. The summed E-state index contributed by atoms with van der Waals surface area (Å²) in [6.07, 6.45) is 1.76. The van der Waals surface area contributed by atoms with Gasteiger partial charge in [0.2, 0.25) is 0 Å². The number of hydrogen-bond acceptors (Lipinski definition) is 6. The summed E-state index contributed by atoms with van der Waals surface area (Å²) >= 11 is 0. The number of rotatable bonds is 5. The molecular weight excluding hydrogens is 456 g/mol. The van der Waals surface area contributed by atoms with Crippen LogP contribution in [0.2, 0.25) is 0 Å². The van der Waals surface area contributed by atoms with E-state index in [4.69, 9.17) is 14.5 Å². The molecule has 0 bridgehead atoms. The van der Waals surface area contributed by atoms with Gasteiger partial charge in [0.15, 0.2) is 0 Å². The Bertz CT molecular complexity index is 1370. The summed E-state index contributed by atoms with van der Waals surface area (Å²) in [6, 6.07) is 14.3. The molecule has 2 N–H and O–H groups in total. The van der Waals surface area contributed by atoms with Gasteiger partial charge in [0.05, 0.1) is 30.4 Å². The number of fused-ring (bicyclic) bond motifs is 1. The van der Waals surface area contributed by atoms with Gasteiger partial charge in [-0.15, -0.1) is 0 Å². The van der Waals surface area contributed by atoms with E-state index in [9.17, 15) is 13.6 Å². The van der Waals surface area contributed by atoms with Crippen LogP contribution in [-0.4, -0.2) is 42.3 Å². The van der Waals surface area contributed by atoms with Gasteiger partial charge in [0, 0.05) is 45.5 Å². The molecule has 0 radical (unpaired) electrons. The van der Waals surface area contributed by atoms with Gasteiger partial charge in [-0.2, -0.15) is 0 Å². The van der Waals surface area contributed by atoms with Crippen LogP contribution < -0.4 is 20.3 Å². The van der Waals surface area contributed by atoms with E-state index < -0.39 is 17.7 Å². The Labute approximate surface area is 202 Å². The Morgan fingerprint density at radius 2 is 1.66 bits per heavy atom. The van der Waals surface area contributed by atoms with E-state index in [2.05, 4.69) is 20.5 Å². The molecule has 0 aliphatic carbocycles. The number of nitrogens with one attached hydrogen (secondary N) is 2. The molecule has 1 aliphatic rings. The van der Waals surface area contributed by atoms with Crippen LogP contribution in [0.15, 0.2) is 66.9 Å². The minimum atomic E-state index is -0.784. The van der Waals surface area contributed by atoms with Crippen molar-refractivity contribution >= 4 is 34.3 Å². The average Bonchev–Trinajstić information content (AvgIpc) is 2.83. The average molecular weight is 482 g/mol. The maximum atomic E-state index is 13.3. The zero-order chi connectivity index (χ0) is 24.2. The molecule has 2 amide bonds. The zero-order valence-electron chi connectivity index (χ0n) is 18.5. The molecule has 1 aliphatic heterocycles. The zero-order valence-corrected chi connectivity index (χ0v) is 18.5. The topological polar surface area (TPSA) is 88.6 Å². The first-order chi connectivity index (χ1) is 17.0. The highest BCUT2D eigenvalue weighted by Gasteiger charge is 2.14. The first kappa shape index (κ1) is 22.5. The number of carbonyl (C=O) groups is 1. The van der Waals surface area contributed by atoms with Gasteiger partial charge in [-0.1, -0.05) is 6.07 Å². The van der Waals surface area contributed by atoms with Crippen LogP contribution in [0.4, 0.5) is 30.8 Å². The molecule has 182 valence electrons. The van der Waals surface area contributed by atoms with Gasteiger partial charge < -0.3 is 25.0 Å². The molecule has 10 heteroatoms. The first-order valence-corrected chi connectivity index (χ1v) is 10.9. The number of aromatic nitrogens is 2. The molecule has 0 saturated carbocycles. The third kappa shape index (κ3) is 5.61. The number of urea groups is 1. The predicted octanol–water partition coefficient (Wildman–Crippen LogP) is 5.67. The number of benzene rings is 3. The SMILES string of the molecule is O=C(Nc1cc(F)cc(F)c1)Nc1cccc(Oc2ccc3ncc(N4CCOCC4)nc3c2)c1.[HH].[HH]. The molecule has 0 unspecified atom stereocenters. The van der Waals surface area contributed by atoms with E-state index in [0.717, 1.165) is 42.6 Å². The number of morpholine rings is 1. The summed E-state index contributed by atoms with van der Waals surface area (Å²) in [5, 5.41) is 5.01. The van der Waals surface area contributed by atoms with Crippen molar-refractivity contribution in [2.24, 2.45) is 0 Å². The first-order valence-electron chi connectivity index (χ1n) is 10.9. The second-order valence-corrected chi connectivity index (χ2v) is 7.85. The van der Waals surface area contributed by atoms with Crippen LogP contribution in [-0.2, 0) is 4.74 Å². The number of halogens is 2. The Balaban J connectivity index is 0.00000190. The highest BCUT2D eigenvalue weighted by molar-refractivity contribution is 5.99. The van der Waals surface area contributed by atoms with Crippen LogP contribution in [0.1, 0.15) is 2.85 Å². The van der Waals surface area contributed by atoms with E-state index >= 15 is 0 Å². The lowest BCUT2D eigenvalue weighted by molar-refractivity contribution is 0.122. The molecule has 8 nitrogen and oxygen atoms in total. The molecule has 35 heavy (non-hydrogen) atoms. The second kappa shape index (κ2) is 9.90. The molecule has 1 fully saturated rings. The highest BCUT2D eigenvalue weighted by atomic mass is 19.1. The maximum Gasteiger partial charge on any atom is 0.323 e. The number of anilines is 3. The van der Waals surface area contributed by atoms with Gasteiger partial charge in [-0.05, 0) is 36.4 Å². The van der Waals surface area contributed by atoms with E-state index in [1.54, 1.807) is 42.6 Å². The van der Waals surface area contributed by atoms with Gasteiger partial charge in [-0.25, -0.2) is 18.6 Å². The summed E-state index contributed by atoms with van der Waals surface area (Å²) in [5.74, 6) is 0.257. The lowest BCUT2D eigenvalue weighted by Gasteiger charge is -2.27. The number of nitrogens with zero attached hydrogens (tertiary/aromatic N) is 3. The van der Waals surface area contributed by atoms with E-state index in [0.29, 0.717) is 35.9 Å². The quantitative estimate of drug-likeness (QED) is 0.382. The summed E-state index contributed by atoms with van der Waals surface area (Å²) in [5.41, 5.74) is 1.88. The third-order valence-corrected chi connectivity index (χ3v) is 5.28. The van der Waals surface area contributed by atoms with Gasteiger partial charge >= 0.3 is 6.03 Å². The van der Waals surface area contributed by atoms with Crippen LogP contribution >= 0.6 is 0 Å². The van der Waals surface area contributed by atoms with E-state index in [-0.39, 0.29) is 8.54 Å². The number of hydrogen-bond donors (Lipinski definition) is 2. The summed E-state index contributed by atoms with van der Waals surface area (Å²) in [7, 11) is 0. The Kier molecular flexibility index (Phi) is 6.36. The molecule has 1 aromatic heterocycles. The second-order valence-electron chi connectivity index (χ2n) is 7.85. The van der Waals surface area contributed by atoms with Gasteiger partial charge in [0.25, 0.3) is 0 Å². The largest absolute Gasteiger partial charge is 0.457 e. The number of carbonyl (C=O) groups excluding carboxylic acids is 1. The fourth-order valence-electron chi connectivity index (χ4n) is 3.68. The minimum Gasteiger partial charge on any atom is -0.457 e. The molecule has 1 saturated heterocycles. The monoisotopic (exact) mass is 481 g/mol. The van der Waals surface area contributed by atoms with E-state index in [1.807, 2.05) is 6.07 Å². The van der Waals surface area contributed by atoms with Crippen molar-refractivity contribution in [2.75, 3.05) is 41.8 Å². The third-order valence-electron chi connectivity index (χ3n) is 5.28. The normalized spacial score (nSPS) is 13.5. The Hall–Kier alpha value is -4.31. The van der Waals surface area contributed by atoms with E-state index in [1.165, 1.54) is 0 Å². The van der Waals surface area contributed by atoms with Gasteiger partial charge in [0.1, 0.15) is 29.0 Å². The molecule has 2 heterocycles. The fourth-order valence-corrected chi connectivity index (χ4v) is 3.68. The van der Waals surface area contributed by atoms with Crippen molar-refractivity contribution in [3.8, 4) is 11.5 Å². The smallest absolute Gasteiger partial charge is 0.323 e. The van der Waals surface area contributed by atoms with Crippen molar-refractivity contribution < 1.29 is 25.9 Å². The van der Waals surface area contributed by atoms with Crippen LogP contribution in [0, 0.1) is 11.6 Å². The van der Waals surface area contributed by atoms with Crippen molar-refractivity contribution in [1.29, 1.82) is 0 Å². The molecule has 4 aromatic rings. The summed E-state index contributed by atoms with van der Waals surface area (Å²) < 4.78 is 38.0. The molecule has 3 aromatic carbocycles. The molecular formula is C25H25F2N5O3. The lowest BCUT2D eigenvalue weighted by Crippen LogP contribution is -2.36. The lowest BCUT2D eigenvalue weighted by atomic mass is 10.2. The highest BCUT2D eigenvalue weighted by Crippen LogP contribution is 2.27. The standard InChI is InChI=1S/C25H21F2N5O3.2H2/c26-16-10-17(27)12-19(11-16)30-25(33)29-18-2-1-3-20(13-18)35-21-4-5-22-23(14-21)31-24(15-28-22)32-6-8-34-9-7-32;;/h1-5,10-15H,6-9H2,(H2,29,30,33);2*1H. The van der Waals surface area contributed by atoms with Crippen molar-refractivity contribution in [2.45, 2.75) is 0 Å². The van der Waals surface area contributed by atoms with Crippen LogP contribution in [0.25, 0.3) is 11.0 Å². The number of ether oxygens (including phenoxy) is 2. The van der Waals surface area contributed by atoms with Crippen LogP contribution in [0.5, 0.6) is 11.5 Å². The summed E-state index contributed by atoms with van der Waals surface area (Å²) in [6.45, 7) is 2.84.